The van der Waals surface area contributed by atoms with Crippen LogP contribution in [0.5, 0.6) is 0 Å². The summed E-state index contributed by atoms with van der Waals surface area (Å²) in [5.74, 6) is 0.848. The summed E-state index contributed by atoms with van der Waals surface area (Å²) in [7, 11) is 1.79. The number of nitrogens with zero attached hydrogens (tertiary/aromatic N) is 3. The van der Waals surface area contributed by atoms with Gasteiger partial charge in [-0.25, -0.2) is 4.98 Å². The number of hydrogen-bond donors (Lipinski definition) is 2. The largest absolute Gasteiger partial charge is 0.376 e. The highest BCUT2D eigenvalue weighted by molar-refractivity contribution is 5.79. The Morgan fingerprint density at radius 2 is 2.47 bits per heavy atom. The lowest BCUT2D eigenvalue weighted by atomic mass is 10.2. The molecular formula is C13H23N5O. The first-order chi connectivity index (χ1) is 9.38. The molecule has 0 aromatic carbocycles. The molecule has 2 heterocycles. The number of guanidine groups is 1. The van der Waals surface area contributed by atoms with Crippen molar-refractivity contribution in [2.24, 2.45) is 4.99 Å². The van der Waals surface area contributed by atoms with Crippen LogP contribution in [-0.2, 0) is 11.3 Å². The summed E-state index contributed by atoms with van der Waals surface area (Å²) in [6.45, 7) is 3.59. The molecule has 0 amide bonds. The fourth-order valence-electron chi connectivity index (χ4n) is 2.12. The predicted octanol–water partition coefficient (Wildman–Crippen LogP) is 0.617. The highest BCUT2D eigenvalue weighted by Gasteiger charge is 2.15. The molecule has 1 aromatic rings. The van der Waals surface area contributed by atoms with Crippen molar-refractivity contribution in [3.63, 3.8) is 0 Å². The average molecular weight is 265 g/mol. The Hall–Kier alpha value is -1.56. The third-order valence-corrected chi connectivity index (χ3v) is 3.19. The van der Waals surface area contributed by atoms with Crippen LogP contribution in [0.15, 0.2) is 23.7 Å². The van der Waals surface area contributed by atoms with Gasteiger partial charge in [0.1, 0.15) is 0 Å². The standard InChI is InChI=1S/C13H23N5O/c1-14-13(17-10-12-4-2-9-19-12)16-5-3-7-18-8-6-15-11-18/h6,8,11-12H,2-5,7,9-10H2,1H3,(H2,14,16,17). The van der Waals surface area contributed by atoms with E-state index in [0.717, 1.165) is 45.0 Å². The minimum absolute atomic E-state index is 0.337. The second kappa shape index (κ2) is 7.78. The van der Waals surface area contributed by atoms with Crippen LogP contribution >= 0.6 is 0 Å². The zero-order chi connectivity index (χ0) is 13.3. The van der Waals surface area contributed by atoms with Crippen LogP contribution in [0.4, 0.5) is 0 Å². The van der Waals surface area contributed by atoms with Crippen LogP contribution < -0.4 is 10.6 Å². The van der Waals surface area contributed by atoms with Gasteiger partial charge in [0, 0.05) is 45.7 Å². The predicted molar refractivity (Wildman–Crippen MR) is 75.2 cm³/mol. The van der Waals surface area contributed by atoms with Crippen molar-refractivity contribution < 1.29 is 4.74 Å². The molecule has 1 saturated heterocycles. The van der Waals surface area contributed by atoms with Crippen molar-refractivity contribution in [1.82, 2.24) is 20.2 Å². The van der Waals surface area contributed by atoms with E-state index < -0.39 is 0 Å². The zero-order valence-electron chi connectivity index (χ0n) is 11.5. The Kier molecular flexibility index (Phi) is 5.68. The van der Waals surface area contributed by atoms with Crippen LogP contribution in [0.25, 0.3) is 0 Å². The Balaban J connectivity index is 1.57. The lowest BCUT2D eigenvalue weighted by Gasteiger charge is -2.15. The third-order valence-electron chi connectivity index (χ3n) is 3.19. The van der Waals surface area contributed by atoms with Crippen LogP contribution in [0.3, 0.4) is 0 Å². The van der Waals surface area contributed by atoms with E-state index in [-0.39, 0.29) is 0 Å². The van der Waals surface area contributed by atoms with E-state index in [1.54, 1.807) is 13.2 Å². The first kappa shape index (κ1) is 13.9. The summed E-state index contributed by atoms with van der Waals surface area (Å²) >= 11 is 0. The van der Waals surface area contributed by atoms with E-state index in [9.17, 15) is 0 Å². The zero-order valence-corrected chi connectivity index (χ0v) is 11.5. The Morgan fingerprint density at radius 3 is 3.16 bits per heavy atom. The van der Waals surface area contributed by atoms with Crippen molar-refractivity contribution >= 4 is 5.96 Å². The monoisotopic (exact) mass is 265 g/mol. The van der Waals surface area contributed by atoms with Gasteiger partial charge >= 0.3 is 0 Å². The van der Waals surface area contributed by atoms with Gasteiger partial charge in [0.05, 0.1) is 12.4 Å². The number of imidazole rings is 1. The Bertz CT molecular complexity index is 370. The molecule has 106 valence electrons. The molecule has 1 aliphatic heterocycles. The number of ether oxygens (including phenoxy) is 1. The molecule has 2 rings (SSSR count). The van der Waals surface area contributed by atoms with Gasteiger partial charge in [-0.05, 0) is 19.3 Å². The molecule has 1 fully saturated rings. The second-order valence-electron chi connectivity index (χ2n) is 4.67. The third kappa shape index (κ3) is 4.90. The van der Waals surface area contributed by atoms with Gasteiger partial charge in [-0.1, -0.05) is 0 Å². The number of rotatable bonds is 6. The lowest BCUT2D eigenvalue weighted by molar-refractivity contribution is 0.114. The summed E-state index contributed by atoms with van der Waals surface area (Å²) in [6.07, 6.45) is 9.31. The molecule has 0 radical (unpaired) electrons. The average Bonchev–Trinajstić information content (AvgIpc) is 3.11. The maximum atomic E-state index is 5.57. The fourth-order valence-corrected chi connectivity index (χ4v) is 2.12. The van der Waals surface area contributed by atoms with E-state index in [1.807, 2.05) is 12.5 Å². The van der Waals surface area contributed by atoms with Gasteiger partial charge in [-0.2, -0.15) is 0 Å². The van der Waals surface area contributed by atoms with Crippen LogP contribution in [0.1, 0.15) is 19.3 Å². The maximum absolute atomic E-state index is 5.57. The highest BCUT2D eigenvalue weighted by Crippen LogP contribution is 2.10. The molecule has 0 bridgehead atoms. The van der Waals surface area contributed by atoms with E-state index in [2.05, 4.69) is 25.2 Å². The van der Waals surface area contributed by atoms with Gasteiger partial charge in [0.25, 0.3) is 0 Å². The minimum atomic E-state index is 0.337. The molecule has 1 aromatic heterocycles. The molecule has 2 N–H and O–H groups in total. The molecule has 19 heavy (non-hydrogen) atoms. The fraction of sp³-hybridized carbons (Fsp3) is 0.692. The van der Waals surface area contributed by atoms with Crippen LogP contribution in [0, 0.1) is 0 Å². The number of aromatic nitrogens is 2. The van der Waals surface area contributed by atoms with Gasteiger partial charge in [0.15, 0.2) is 5.96 Å². The molecule has 6 nitrogen and oxygen atoms in total. The quantitative estimate of drug-likeness (QED) is 0.449. The molecule has 1 unspecified atom stereocenters. The Labute approximate surface area is 114 Å². The lowest BCUT2D eigenvalue weighted by Crippen LogP contribution is -2.41. The summed E-state index contributed by atoms with van der Waals surface area (Å²) in [6, 6.07) is 0. The molecule has 1 atom stereocenters. The number of hydrogen-bond acceptors (Lipinski definition) is 3. The van der Waals surface area contributed by atoms with E-state index in [1.165, 1.54) is 6.42 Å². The van der Waals surface area contributed by atoms with E-state index >= 15 is 0 Å². The van der Waals surface area contributed by atoms with Gasteiger partial charge in [-0.3, -0.25) is 4.99 Å². The number of aryl methyl sites for hydroxylation is 1. The Morgan fingerprint density at radius 1 is 1.53 bits per heavy atom. The first-order valence-electron chi connectivity index (χ1n) is 6.90. The van der Waals surface area contributed by atoms with Gasteiger partial charge in [0.2, 0.25) is 0 Å². The normalized spacial score (nSPS) is 19.6. The van der Waals surface area contributed by atoms with E-state index in [0.29, 0.717) is 6.10 Å². The summed E-state index contributed by atoms with van der Waals surface area (Å²) < 4.78 is 7.64. The first-order valence-corrected chi connectivity index (χ1v) is 6.90. The topological polar surface area (TPSA) is 63.5 Å². The number of nitrogens with one attached hydrogen (secondary N) is 2. The molecule has 0 spiro atoms. The van der Waals surface area contributed by atoms with Gasteiger partial charge < -0.3 is 19.9 Å². The summed E-state index contributed by atoms with van der Waals surface area (Å²) in [4.78, 5) is 8.22. The SMILES string of the molecule is CN=C(NCCCn1ccnc1)NCC1CCCO1. The van der Waals surface area contributed by atoms with Crippen molar-refractivity contribution in [2.45, 2.75) is 31.9 Å². The minimum Gasteiger partial charge on any atom is -0.376 e. The number of aliphatic imine (C=N–C) groups is 1. The molecule has 0 saturated carbocycles. The van der Waals surface area contributed by atoms with Crippen molar-refractivity contribution in [3.05, 3.63) is 18.7 Å². The summed E-state index contributed by atoms with van der Waals surface area (Å²) in [5, 5.41) is 6.61. The molecular weight excluding hydrogens is 242 g/mol. The van der Waals surface area contributed by atoms with Crippen LogP contribution in [0.2, 0.25) is 0 Å². The second-order valence-corrected chi connectivity index (χ2v) is 4.67. The molecule has 6 heteroatoms. The molecule has 0 aliphatic carbocycles. The van der Waals surface area contributed by atoms with Crippen molar-refractivity contribution in [1.29, 1.82) is 0 Å². The van der Waals surface area contributed by atoms with Crippen molar-refractivity contribution in [3.8, 4) is 0 Å². The van der Waals surface area contributed by atoms with Crippen molar-refractivity contribution in [2.75, 3.05) is 26.7 Å². The maximum Gasteiger partial charge on any atom is 0.191 e. The van der Waals surface area contributed by atoms with E-state index in [4.69, 9.17) is 4.74 Å². The highest BCUT2D eigenvalue weighted by atomic mass is 16.5. The molecule has 1 aliphatic rings. The summed E-state index contributed by atoms with van der Waals surface area (Å²) in [5.41, 5.74) is 0. The van der Waals surface area contributed by atoms with Crippen LogP contribution in [-0.4, -0.2) is 48.4 Å². The van der Waals surface area contributed by atoms with Gasteiger partial charge in [-0.15, -0.1) is 0 Å². The smallest absolute Gasteiger partial charge is 0.191 e.